The highest BCUT2D eigenvalue weighted by molar-refractivity contribution is 5.15. The van der Waals surface area contributed by atoms with Crippen LogP contribution in [0, 0.1) is 12.9 Å². The Labute approximate surface area is 59.9 Å². The summed E-state index contributed by atoms with van der Waals surface area (Å²) < 4.78 is 12.4. The van der Waals surface area contributed by atoms with Gasteiger partial charge in [-0.2, -0.15) is 0 Å². The van der Waals surface area contributed by atoms with E-state index in [2.05, 4.69) is 12.4 Å². The van der Waals surface area contributed by atoms with Gasteiger partial charge < -0.3 is 5.32 Å². The maximum atomic E-state index is 12.4. The number of hydrogen-bond donors (Lipinski definition) is 1. The van der Waals surface area contributed by atoms with Crippen LogP contribution in [-0.4, -0.2) is 0 Å². The molecule has 0 saturated carbocycles. The van der Waals surface area contributed by atoms with E-state index in [1.165, 1.54) is 12.1 Å². The van der Waals surface area contributed by atoms with Crippen LogP contribution in [0.5, 0.6) is 0 Å². The average molecular weight is 138 g/mol. The molecule has 0 fully saturated rings. The van der Waals surface area contributed by atoms with E-state index >= 15 is 0 Å². The molecule has 1 aromatic carbocycles. The van der Waals surface area contributed by atoms with Gasteiger partial charge in [-0.1, -0.05) is 12.1 Å². The molecule has 0 aromatic heterocycles. The third-order valence-corrected chi connectivity index (χ3v) is 1.22. The van der Waals surface area contributed by atoms with Crippen molar-refractivity contribution in [2.75, 3.05) is 0 Å². The molecule has 0 bridgehead atoms. The quantitative estimate of drug-likeness (QED) is 0.656. The number of nitrogens with one attached hydrogen (secondary N) is 1. The van der Waals surface area contributed by atoms with E-state index in [1.54, 1.807) is 6.07 Å². The highest BCUT2D eigenvalue weighted by Crippen LogP contribution is 2.01. The topological polar surface area (TPSA) is 12.0 Å². The van der Waals surface area contributed by atoms with Crippen LogP contribution in [0.4, 0.5) is 4.39 Å². The summed E-state index contributed by atoms with van der Waals surface area (Å²) in [6.45, 7) is 0.609. The van der Waals surface area contributed by atoms with Gasteiger partial charge in [-0.3, -0.25) is 0 Å². The Kier molecular flexibility index (Phi) is 2.40. The minimum absolute atomic E-state index is 0.201. The molecule has 0 aliphatic rings. The van der Waals surface area contributed by atoms with Crippen LogP contribution >= 0.6 is 0 Å². The lowest BCUT2D eigenvalue weighted by molar-refractivity contribution is 0.624. The average Bonchev–Trinajstić information content (AvgIpc) is 1.88. The first-order valence-corrected chi connectivity index (χ1v) is 3.07. The molecule has 0 amide bonds. The van der Waals surface area contributed by atoms with Crippen LogP contribution in [0.1, 0.15) is 5.56 Å². The van der Waals surface area contributed by atoms with E-state index in [0.29, 0.717) is 6.54 Å². The third-order valence-electron chi connectivity index (χ3n) is 1.22. The minimum atomic E-state index is -0.201. The maximum absolute atomic E-state index is 12.4. The van der Waals surface area contributed by atoms with Crippen molar-refractivity contribution in [1.82, 2.24) is 5.32 Å². The standard InChI is InChI=1S/C8H9FN/c1-10-6-7-3-2-4-8(9)5-7/h2-5,10H,1,6H2. The second-order valence-corrected chi connectivity index (χ2v) is 2.06. The molecular weight excluding hydrogens is 129 g/mol. The molecule has 1 nitrogen and oxygen atoms in total. The first-order valence-electron chi connectivity index (χ1n) is 3.07. The lowest BCUT2D eigenvalue weighted by Crippen LogP contribution is -2.01. The van der Waals surface area contributed by atoms with Crippen molar-refractivity contribution in [1.29, 1.82) is 0 Å². The van der Waals surface area contributed by atoms with Gasteiger partial charge in [0.05, 0.1) is 0 Å². The second-order valence-electron chi connectivity index (χ2n) is 2.06. The molecule has 2 heteroatoms. The molecule has 1 rings (SSSR count). The Balaban J connectivity index is 2.75. The van der Waals surface area contributed by atoms with Crippen LogP contribution in [0.15, 0.2) is 24.3 Å². The smallest absolute Gasteiger partial charge is 0.123 e. The van der Waals surface area contributed by atoms with Gasteiger partial charge in [-0.15, -0.1) is 0 Å². The first-order chi connectivity index (χ1) is 4.83. The fraction of sp³-hybridized carbons (Fsp3) is 0.125. The van der Waals surface area contributed by atoms with Crippen molar-refractivity contribution >= 4 is 0 Å². The predicted octanol–water partition coefficient (Wildman–Crippen LogP) is 1.71. The molecule has 53 valence electrons. The van der Waals surface area contributed by atoms with Gasteiger partial charge in [0.1, 0.15) is 5.82 Å². The van der Waals surface area contributed by atoms with Gasteiger partial charge in [-0.05, 0) is 17.7 Å². The molecule has 0 saturated heterocycles. The van der Waals surface area contributed by atoms with E-state index in [9.17, 15) is 4.39 Å². The van der Waals surface area contributed by atoms with Crippen molar-refractivity contribution in [3.05, 3.63) is 42.7 Å². The van der Waals surface area contributed by atoms with Gasteiger partial charge in [0, 0.05) is 13.6 Å². The largest absolute Gasteiger partial charge is 0.311 e. The summed E-state index contributed by atoms with van der Waals surface area (Å²) in [5.41, 5.74) is 0.912. The molecule has 0 aliphatic carbocycles. The second kappa shape index (κ2) is 3.32. The minimum Gasteiger partial charge on any atom is -0.311 e. The van der Waals surface area contributed by atoms with Crippen molar-refractivity contribution < 1.29 is 4.39 Å². The van der Waals surface area contributed by atoms with Gasteiger partial charge in [-0.25, -0.2) is 4.39 Å². The van der Waals surface area contributed by atoms with Crippen LogP contribution < -0.4 is 5.32 Å². The van der Waals surface area contributed by atoms with Gasteiger partial charge >= 0.3 is 0 Å². The maximum Gasteiger partial charge on any atom is 0.123 e. The van der Waals surface area contributed by atoms with Crippen molar-refractivity contribution in [3.8, 4) is 0 Å². The number of rotatable bonds is 2. The highest BCUT2D eigenvalue weighted by atomic mass is 19.1. The summed E-state index contributed by atoms with van der Waals surface area (Å²) in [4.78, 5) is 0. The molecule has 0 heterocycles. The van der Waals surface area contributed by atoms with Crippen LogP contribution in [-0.2, 0) is 6.54 Å². The molecule has 0 aliphatic heterocycles. The van der Waals surface area contributed by atoms with Crippen molar-refractivity contribution in [3.63, 3.8) is 0 Å². The molecule has 0 unspecified atom stereocenters. The van der Waals surface area contributed by atoms with Crippen molar-refractivity contribution in [2.24, 2.45) is 0 Å². The fourth-order valence-corrected chi connectivity index (χ4v) is 0.791. The van der Waals surface area contributed by atoms with E-state index < -0.39 is 0 Å². The SMILES string of the molecule is [CH2]NCc1cccc(F)c1. The van der Waals surface area contributed by atoms with Crippen LogP contribution in [0.3, 0.4) is 0 Å². The normalized spacial score (nSPS) is 9.80. The van der Waals surface area contributed by atoms with E-state index in [-0.39, 0.29) is 5.82 Å². The number of benzene rings is 1. The predicted molar refractivity (Wildman–Crippen MR) is 38.6 cm³/mol. The summed E-state index contributed by atoms with van der Waals surface area (Å²) in [7, 11) is 3.44. The van der Waals surface area contributed by atoms with Gasteiger partial charge in [0.25, 0.3) is 0 Å². The summed E-state index contributed by atoms with van der Waals surface area (Å²) in [5.74, 6) is -0.201. The Morgan fingerprint density at radius 2 is 2.30 bits per heavy atom. The summed E-state index contributed by atoms with van der Waals surface area (Å²) in [5, 5.41) is 2.69. The Bertz CT molecular complexity index is 210. The molecule has 0 spiro atoms. The summed E-state index contributed by atoms with van der Waals surface area (Å²) in [6.07, 6.45) is 0. The lowest BCUT2D eigenvalue weighted by Gasteiger charge is -1.97. The first kappa shape index (κ1) is 7.22. The molecule has 1 N–H and O–H groups in total. The molecule has 0 atom stereocenters. The summed E-state index contributed by atoms with van der Waals surface area (Å²) >= 11 is 0. The highest BCUT2D eigenvalue weighted by Gasteiger charge is 1.91. The van der Waals surface area contributed by atoms with Crippen LogP contribution in [0.2, 0.25) is 0 Å². The molecule has 10 heavy (non-hydrogen) atoms. The molecular formula is C8H9FN. The zero-order chi connectivity index (χ0) is 7.40. The zero-order valence-electron chi connectivity index (χ0n) is 5.60. The Morgan fingerprint density at radius 1 is 1.50 bits per heavy atom. The van der Waals surface area contributed by atoms with E-state index in [1.807, 2.05) is 6.07 Å². The monoisotopic (exact) mass is 138 g/mol. The van der Waals surface area contributed by atoms with Gasteiger partial charge in [0.2, 0.25) is 0 Å². The Hall–Kier alpha value is -0.890. The van der Waals surface area contributed by atoms with Gasteiger partial charge in [0.15, 0.2) is 0 Å². The third kappa shape index (κ3) is 1.81. The molecule has 1 aromatic rings. The summed E-state index contributed by atoms with van der Waals surface area (Å²) in [6, 6.07) is 6.44. The number of hydrogen-bond acceptors (Lipinski definition) is 1. The van der Waals surface area contributed by atoms with E-state index in [0.717, 1.165) is 5.56 Å². The van der Waals surface area contributed by atoms with Crippen LogP contribution in [0.25, 0.3) is 0 Å². The molecule has 1 radical (unpaired) electrons. The van der Waals surface area contributed by atoms with Crippen molar-refractivity contribution in [2.45, 2.75) is 6.54 Å². The number of halogens is 1. The Morgan fingerprint density at radius 3 is 2.90 bits per heavy atom. The fourth-order valence-electron chi connectivity index (χ4n) is 0.791. The van der Waals surface area contributed by atoms with E-state index in [4.69, 9.17) is 0 Å². The zero-order valence-corrected chi connectivity index (χ0v) is 5.60. The lowest BCUT2D eigenvalue weighted by atomic mass is 10.2.